The predicted octanol–water partition coefficient (Wildman–Crippen LogP) is 2.08. The van der Waals surface area contributed by atoms with E-state index in [1.54, 1.807) is 40.0 Å². The fourth-order valence-electron chi connectivity index (χ4n) is 1.67. The Kier molecular flexibility index (Phi) is 7.63. The monoisotopic (exact) mass is 332 g/mol. The van der Waals surface area contributed by atoms with Crippen LogP contribution in [0.1, 0.15) is 32.8 Å². The highest BCUT2D eigenvalue weighted by Gasteiger charge is 2.15. The number of amides is 2. The largest absolute Gasteiger partial charge is 0.497 e. The molecule has 0 saturated heterocycles. The Morgan fingerprint density at radius 3 is 2.54 bits per heavy atom. The van der Waals surface area contributed by atoms with Crippen molar-refractivity contribution in [2.24, 2.45) is 0 Å². The van der Waals surface area contributed by atoms with Crippen LogP contribution < -0.4 is 15.4 Å². The molecule has 1 aromatic rings. The summed E-state index contributed by atoms with van der Waals surface area (Å²) >= 11 is 0. The third-order valence-electron chi connectivity index (χ3n) is 2.70. The normalized spacial score (nSPS) is 10.2. The smallest absolute Gasteiger partial charge is 0.407 e. The molecule has 1 rings (SSSR count). The maximum atomic E-state index is 11.6. The maximum Gasteiger partial charge on any atom is 0.407 e. The van der Waals surface area contributed by atoms with Gasteiger partial charge in [0.2, 0.25) is 0 Å². The third-order valence-corrected chi connectivity index (χ3v) is 2.70. The van der Waals surface area contributed by atoms with Crippen molar-refractivity contribution in [3.8, 4) is 17.6 Å². The minimum Gasteiger partial charge on any atom is -0.497 e. The molecule has 0 aliphatic rings. The molecule has 1 aromatic carbocycles. The number of hydrogen-bond donors (Lipinski definition) is 2. The molecule has 0 unspecified atom stereocenters. The fourth-order valence-corrected chi connectivity index (χ4v) is 1.67. The van der Waals surface area contributed by atoms with Gasteiger partial charge in [0.15, 0.2) is 0 Å². The second-order valence-electron chi connectivity index (χ2n) is 6.02. The van der Waals surface area contributed by atoms with Gasteiger partial charge in [-0.05, 0) is 45.4 Å². The molecule has 0 radical (unpaired) electrons. The number of hydrogen-bond acceptors (Lipinski definition) is 4. The van der Waals surface area contributed by atoms with Gasteiger partial charge in [-0.15, -0.1) is 0 Å². The molecule has 0 aliphatic carbocycles. The summed E-state index contributed by atoms with van der Waals surface area (Å²) < 4.78 is 10.2. The molecule has 0 aromatic heterocycles. The first kappa shape index (κ1) is 19.4. The zero-order valence-corrected chi connectivity index (χ0v) is 14.6. The molecule has 0 fully saturated rings. The summed E-state index contributed by atoms with van der Waals surface area (Å²) in [6, 6.07) is 7.17. The molecule has 6 heteroatoms. The molecule has 6 nitrogen and oxygen atoms in total. The average Bonchev–Trinajstić information content (AvgIpc) is 2.51. The van der Waals surface area contributed by atoms with E-state index in [0.717, 1.165) is 0 Å². The lowest BCUT2D eigenvalue weighted by atomic mass is 10.2. The maximum absolute atomic E-state index is 11.6. The van der Waals surface area contributed by atoms with Crippen molar-refractivity contribution in [2.75, 3.05) is 20.2 Å². The van der Waals surface area contributed by atoms with Gasteiger partial charge < -0.3 is 20.1 Å². The van der Waals surface area contributed by atoms with Gasteiger partial charge >= 0.3 is 6.09 Å². The summed E-state index contributed by atoms with van der Waals surface area (Å²) in [6.45, 7) is 6.23. The first-order valence-electron chi connectivity index (χ1n) is 7.71. The van der Waals surface area contributed by atoms with E-state index >= 15 is 0 Å². The van der Waals surface area contributed by atoms with Crippen LogP contribution in [0.15, 0.2) is 24.3 Å². The molecule has 0 aliphatic heterocycles. The summed E-state index contributed by atoms with van der Waals surface area (Å²) in [5.74, 6) is 5.61. The van der Waals surface area contributed by atoms with E-state index < -0.39 is 11.7 Å². The number of alkyl carbamates (subject to hydrolysis) is 1. The minimum absolute atomic E-state index is 0.366. The first-order valence-corrected chi connectivity index (χ1v) is 7.71. The number of carbonyl (C=O) groups excluding carboxylic acids is 2. The quantitative estimate of drug-likeness (QED) is 0.639. The molecule has 0 atom stereocenters. The van der Waals surface area contributed by atoms with Gasteiger partial charge in [-0.2, -0.15) is 0 Å². The molecule has 2 amide bonds. The second-order valence-corrected chi connectivity index (χ2v) is 6.02. The summed E-state index contributed by atoms with van der Waals surface area (Å²) in [5, 5.41) is 5.29. The Morgan fingerprint density at radius 1 is 1.17 bits per heavy atom. The molecular weight excluding hydrogens is 308 g/mol. The number of methoxy groups -OCH3 is 1. The lowest BCUT2D eigenvalue weighted by Crippen LogP contribution is -2.34. The van der Waals surface area contributed by atoms with Crippen LogP contribution in [0.2, 0.25) is 0 Å². The summed E-state index contributed by atoms with van der Waals surface area (Å²) in [4.78, 5) is 23.0. The number of benzene rings is 1. The van der Waals surface area contributed by atoms with Crippen LogP contribution in [-0.2, 0) is 9.53 Å². The molecular formula is C18H24N2O4. The van der Waals surface area contributed by atoms with Crippen LogP contribution in [0.3, 0.4) is 0 Å². The predicted molar refractivity (Wildman–Crippen MR) is 91.7 cm³/mol. The molecule has 2 N–H and O–H groups in total. The number of nitrogens with one attached hydrogen (secondary N) is 2. The van der Waals surface area contributed by atoms with E-state index in [4.69, 9.17) is 9.47 Å². The van der Waals surface area contributed by atoms with Gasteiger partial charge in [0.1, 0.15) is 11.4 Å². The van der Waals surface area contributed by atoms with E-state index in [-0.39, 0.29) is 5.91 Å². The van der Waals surface area contributed by atoms with E-state index in [0.29, 0.717) is 30.8 Å². The van der Waals surface area contributed by atoms with Crippen LogP contribution in [0.5, 0.6) is 5.75 Å². The van der Waals surface area contributed by atoms with Crippen molar-refractivity contribution in [2.45, 2.75) is 32.8 Å². The third kappa shape index (κ3) is 8.69. The average molecular weight is 332 g/mol. The van der Waals surface area contributed by atoms with E-state index in [1.165, 1.54) is 0 Å². The van der Waals surface area contributed by atoms with Crippen LogP contribution >= 0.6 is 0 Å². The summed E-state index contributed by atoms with van der Waals surface area (Å²) in [6.07, 6.45) is 0.123. The van der Waals surface area contributed by atoms with E-state index in [9.17, 15) is 9.59 Å². The highest BCUT2D eigenvalue weighted by atomic mass is 16.6. The second kappa shape index (κ2) is 9.46. The van der Waals surface area contributed by atoms with Crippen LogP contribution in [0.4, 0.5) is 4.79 Å². The number of rotatable bonds is 5. The lowest BCUT2D eigenvalue weighted by Gasteiger charge is -2.19. The fraction of sp³-hybridized carbons (Fsp3) is 0.444. The van der Waals surface area contributed by atoms with Gasteiger partial charge in [-0.25, -0.2) is 4.79 Å². The van der Waals surface area contributed by atoms with Crippen molar-refractivity contribution in [3.63, 3.8) is 0 Å². The van der Waals surface area contributed by atoms with Gasteiger partial charge in [0, 0.05) is 24.6 Å². The Hall–Kier alpha value is -2.68. The Morgan fingerprint density at radius 2 is 1.88 bits per heavy atom. The van der Waals surface area contributed by atoms with Crippen LogP contribution in [-0.4, -0.2) is 37.8 Å². The Bertz CT molecular complexity index is 624. The summed E-state index contributed by atoms with van der Waals surface area (Å²) in [7, 11) is 1.57. The van der Waals surface area contributed by atoms with E-state index in [1.807, 2.05) is 12.1 Å². The Balaban J connectivity index is 2.25. The molecule has 0 spiro atoms. The van der Waals surface area contributed by atoms with Gasteiger partial charge in [-0.1, -0.05) is 12.0 Å². The van der Waals surface area contributed by atoms with Crippen molar-refractivity contribution >= 4 is 12.0 Å². The molecule has 0 saturated carbocycles. The van der Waals surface area contributed by atoms with Gasteiger partial charge in [0.25, 0.3) is 5.91 Å². The highest BCUT2D eigenvalue weighted by molar-refractivity contribution is 5.94. The van der Waals surface area contributed by atoms with Crippen molar-refractivity contribution in [3.05, 3.63) is 29.8 Å². The van der Waals surface area contributed by atoms with Crippen LogP contribution in [0, 0.1) is 11.8 Å². The van der Waals surface area contributed by atoms with Gasteiger partial charge in [-0.3, -0.25) is 4.79 Å². The topological polar surface area (TPSA) is 76.7 Å². The first-order chi connectivity index (χ1) is 11.3. The van der Waals surface area contributed by atoms with Crippen LogP contribution in [0.25, 0.3) is 0 Å². The standard InChI is InChI=1S/C18H24N2O4/c1-18(2,3)24-17(22)20-12-6-11-19-16(21)10-9-14-7-5-8-15(13-14)23-4/h5,7-8,13H,6,11-12H2,1-4H3,(H,19,21)(H,20,22). The number of carbonyl (C=O) groups is 2. The SMILES string of the molecule is COc1cccc(C#CC(=O)NCCCNC(=O)OC(C)(C)C)c1. The van der Waals surface area contributed by atoms with E-state index in [2.05, 4.69) is 22.5 Å². The number of ether oxygens (including phenoxy) is 2. The highest BCUT2D eigenvalue weighted by Crippen LogP contribution is 2.11. The molecule has 130 valence electrons. The molecule has 24 heavy (non-hydrogen) atoms. The lowest BCUT2D eigenvalue weighted by molar-refractivity contribution is -0.115. The van der Waals surface area contributed by atoms with Crippen molar-refractivity contribution in [1.29, 1.82) is 0 Å². The minimum atomic E-state index is -0.520. The summed E-state index contributed by atoms with van der Waals surface area (Å²) in [5.41, 5.74) is 0.185. The molecule has 0 heterocycles. The Labute approximate surface area is 142 Å². The van der Waals surface area contributed by atoms with Gasteiger partial charge in [0.05, 0.1) is 7.11 Å². The zero-order chi connectivity index (χ0) is 18.0. The van der Waals surface area contributed by atoms with Crippen molar-refractivity contribution in [1.82, 2.24) is 10.6 Å². The van der Waals surface area contributed by atoms with Crippen molar-refractivity contribution < 1.29 is 19.1 Å². The zero-order valence-electron chi connectivity index (χ0n) is 14.6. The molecule has 0 bridgehead atoms.